The maximum atomic E-state index is 12.1. The van der Waals surface area contributed by atoms with Crippen LogP contribution in [0.25, 0.3) is 0 Å². The van der Waals surface area contributed by atoms with Gasteiger partial charge in [-0.25, -0.2) is 0 Å². The van der Waals surface area contributed by atoms with Gasteiger partial charge >= 0.3 is 0 Å². The van der Waals surface area contributed by atoms with Crippen molar-refractivity contribution < 1.29 is 4.79 Å². The van der Waals surface area contributed by atoms with Crippen LogP contribution in [0, 0.1) is 0 Å². The standard InChI is InChI=1S/C16H25N3O/c1-3-7-13(2)18-16(20)12-19-11-6-10-17-14-8-4-5-9-15(14)19/h4-5,8-9,13,17H,3,6-7,10-12H2,1-2H3,(H,18,20). The Balaban J connectivity index is 2.00. The fourth-order valence-electron chi connectivity index (χ4n) is 2.68. The smallest absolute Gasteiger partial charge is 0.239 e. The first-order valence-electron chi connectivity index (χ1n) is 7.58. The van der Waals surface area contributed by atoms with Gasteiger partial charge in [0.25, 0.3) is 0 Å². The Morgan fingerprint density at radius 2 is 2.25 bits per heavy atom. The minimum Gasteiger partial charge on any atom is -0.383 e. The van der Waals surface area contributed by atoms with Crippen molar-refractivity contribution in [2.45, 2.75) is 39.2 Å². The molecule has 1 unspecified atom stereocenters. The molecule has 0 aromatic heterocycles. The number of nitrogens with zero attached hydrogens (tertiary/aromatic N) is 1. The van der Waals surface area contributed by atoms with Gasteiger partial charge < -0.3 is 15.5 Å². The molecule has 0 aliphatic carbocycles. The number of benzene rings is 1. The van der Waals surface area contributed by atoms with Crippen molar-refractivity contribution in [3.63, 3.8) is 0 Å². The third-order valence-corrected chi connectivity index (χ3v) is 3.63. The number of rotatable bonds is 5. The van der Waals surface area contributed by atoms with Crippen molar-refractivity contribution in [1.82, 2.24) is 5.32 Å². The van der Waals surface area contributed by atoms with E-state index in [1.807, 2.05) is 12.1 Å². The molecule has 4 heteroatoms. The molecule has 110 valence electrons. The van der Waals surface area contributed by atoms with Gasteiger partial charge in [0.2, 0.25) is 5.91 Å². The van der Waals surface area contributed by atoms with Crippen molar-refractivity contribution in [1.29, 1.82) is 0 Å². The van der Waals surface area contributed by atoms with Gasteiger partial charge in [-0.1, -0.05) is 25.5 Å². The Labute approximate surface area is 121 Å². The highest BCUT2D eigenvalue weighted by atomic mass is 16.2. The van der Waals surface area contributed by atoms with Gasteiger partial charge in [0.1, 0.15) is 0 Å². The second kappa shape index (κ2) is 7.17. The first-order valence-corrected chi connectivity index (χ1v) is 7.58. The third kappa shape index (κ3) is 3.89. The summed E-state index contributed by atoms with van der Waals surface area (Å²) in [6, 6.07) is 8.46. The molecule has 0 saturated heterocycles. The fraction of sp³-hybridized carbons (Fsp3) is 0.562. The molecule has 2 N–H and O–H groups in total. The summed E-state index contributed by atoms with van der Waals surface area (Å²) in [6.45, 7) is 6.52. The van der Waals surface area contributed by atoms with Gasteiger partial charge in [-0.05, 0) is 31.9 Å². The molecule has 2 rings (SSSR count). The number of para-hydroxylation sites is 2. The zero-order chi connectivity index (χ0) is 14.4. The molecule has 1 aromatic rings. The van der Waals surface area contributed by atoms with E-state index in [0.29, 0.717) is 6.54 Å². The number of carbonyl (C=O) groups is 1. The van der Waals surface area contributed by atoms with Crippen molar-refractivity contribution in [2.24, 2.45) is 0 Å². The minimum atomic E-state index is 0.114. The van der Waals surface area contributed by atoms with Crippen LogP contribution in [0.5, 0.6) is 0 Å². The molecular formula is C16H25N3O. The molecule has 1 atom stereocenters. The van der Waals surface area contributed by atoms with Gasteiger partial charge in [0.15, 0.2) is 0 Å². The number of carbonyl (C=O) groups excluding carboxylic acids is 1. The highest BCUT2D eigenvalue weighted by Gasteiger charge is 2.17. The van der Waals surface area contributed by atoms with E-state index in [9.17, 15) is 4.79 Å². The Bertz CT molecular complexity index is 447. The van der Waals surface area contributed by atoms with E-state index >= 15 is 0 Å². The molecule has 0 bridgehead atoms. The van der Waals surface area contributed by atoms with E-state index in [1.165, 1.54) is 0 Å². The van der Waals surface area contributed by atoms with Crippen molar-refractivity contribution >= 4 is 17.3 Å². The minimum absolute atomic E-state index is 0.114. The molecule has 1 aliphatic rings. The second-order valence-corrected chi connectivity index (χ2v) is 5.48. The van der Waals surface area contributed by atoms with E-state index in [-0.39, 0.29) is 11.9 Å². The maximum Gasteiger partial charge on any atom is 0.239 e. The van der Waals surface area contributed by atoms with E-state index in [4.69, 9.17) is 0 Å². The van der Waals surface area contributed by atoms with E-state index in [1.54, 1.807) is 0 Å². The number of fused-ring (bicyclic) bond motifs is 1. The van der Waals surface area contributed by atoms with Crippen molar-refractivity contribution in [3.8, 4) is 0 Å². The predicted molar refractivity (Wildman–Crippen MR) is 84.3 cm³/mol. The summed E-state index contributed by atoms with van der Waals surface area (Å²) < 4.78 is 0. The van der Waals surface area contributed by atoms with Crippen molar-refractivity contribution in [3.05, 3.63) is 24.3 Å². The van der Waals surface area contributed by atoms with Crippen LogP contribution in [0.3, 0.4) is 0 Å². The van der Waals surface area contributed by atoms with E-state index < -0.39 is 0 Å². The van der Waals surface area contributed by atoms with E-state index in [2.05, 4.69) is 41.5 Å². The van der Waals surface area contributed by atoms with Crippen molar-refractivity contribution in [2.75, 3.05) is 29.9 Å². The van der Waals surface area contributed by atoms with Gasteiger partial charge in [0.05, 0.1) is 17.9 Å². The molecule has 0 radical (unpaired) electrons. The lowest BCUT2D eigenvalue weighted by molar-refractivity contribution is -0.120. The largest absolute Gasteiger partial charge is 0.383 e. The van der Waals surface area contributed by atoms with Crippen LogP contribution in [0.1, 0.15) is 33.1 Å². The van der Waals surface area contributed by atoms with Crippen LogP contribution in [0.4, 0.5) is 11.4 Å². The molecule has 0 spiro atoms. The lowest BCUT2D eigenvalue weighted by atomic mass is 10.2. The lowest BCUT2D eigenvalue weighted by Gasteiger charge is -2.24. The molecule has 20 heavy (non-hydrogen) atoms. The summed E-state index contributed by atoms with van der Waals surface area (Å²) in [5.74, 6) is 0.114. The molecule has 1 amide bonds. The number of hydrogen-bond acceptors (Lipinski definition) is 3. The predicted octanol–water partition coefficient (Wildman–Crippen LogP) is 2.61. The zero-order valence-corrected chi connectivity index (χ0v) is 12.5. The average Bonchev–Trinajstić information content (AvgIpc) is 2.62. The average molecular weight is 275 g/mol. The Morgan fingerprint density at radius 3 is 3.05 bits per heavy atom. The summed E-state index contributed by atoms with van der Waals surface area (Å²) in [5, 5.41) is 6.49. The molecule has 0 fully saturated rings. The fourth-order valence-corrected chi connectivity index (χ4v) is 2.68. The van der Waals surface area contributed by atoms with Crippen LogP contribution < -0.4 is 15.5 Å². The Hall–Kier alpha value is -1.71. The van der Waals surface area contributed by atoms with Crippen LogP contribution in [0.2, 0.25) is 0 Å². The molecule has 4 nitrogen and oxygen atoms in total. The van der Waals surface area contributed by atoms with Gasteiger partial charge in [-0.15, -0.1) is 0 Å². The molecular weight excluding hydrogens is 250 g/mol. The third-order valence-electron chi connectivity index (χ3n) is 3.63. The summed E-state index contributed by atoms with van der Waals surface area (Å²) in [4.78, 5) is 14.3. The summed E-state index contributed by atoms with van der Waals surface area (Å²) >= 11 is 0. The second-order valence-electron chi connectivity index (χ2n) is 5.48. The number of hydrogen-bond donors (Lipinski definition) is 2. The Morgan fingerprint density at radius 1 is 1.45 bits per heavy atom. The normalized spacial score (nSPS) is 15.8. The highest BCUT2D eigenvalue weighted by molar-refractivity contribution is 5.83. The maximum absolute atomic E-state index is 12.1. The summed E-state index contributed by atoms with van der Waals surface area (Å²) in [7, 11) is 0. The summed E-state index contributed by atoms with van der Waals surface area (Å²) in [5.41, 5.74) is 2.25. The molecule has 0 saturated carbocycles. The van der Waals surface area contributed by atoms with Crippen LogP contribution in [-0.4, -0.2) is 31.6 Å². The highest BCUT2D eigenvalue weighted by Crippen LogP contribution is 2.27. The number of anilines is 2. The molecule has 1 aliphatic heterocycles. The van der Waals surface area contributed by atoms with Gasteiger partial charge in [-0.3, -0.25) is 4.79 Å². The van der Waals surface area contributed by atoms with Gasteiger partial charge in [-0.2, -0.15) is 0 Å². The molecule has 1 aromatic carbocycles. The van der Waals surface area contributed by atoms with Crippen LogP contribution >= 0.6 is 0 Å². The van der Waals surface area contributed by atoms with Crippen LogP contribution in [0.15, 0.2) is 24.3 Å². The first-order chi connectivity index (χ1) is 9.70. The first kappa shape index (κ1) is 14.7. The number of amides is 1. The topological polar surface area (TPSA) is 44.4 Å². The Kier molecular flexibility index (Phi) is 5.27. The number of nitrogens with one attached hydrogen (secondary N) is 2. The van der Waals surface area contributed by atoms with Gasteiger partial charge in [0, 0.05) is 19.1 Å². The summed E-state index contributed by atoms with van der Waals surface area (Å²) in [6.07, 6.45) is 3.17. The zero-order valence-electron chi connectivity index (χ0n) is 12.5. The van der Waals surface area contributed by atoms with E-state index in [0.717, 1.165) is 43.7 Å². The monoisotopic (exact) mass is 275 g/mol. The SMILES string of the molecule is CCCC(C)NC(=O)CN1CCCNc2ccccc21. The quantitative estimate of drug-likeness (QED) is 0.868. The lowest BCUT2D eigenvalue weighted by Crippen LogP contribution is -2.41. The van der Waals surface area contributed by atoms with Crippen LogP contribution in [-0.2, 0) is 4.79 Å². The molecule has 1 heterocycles.